The molecule has 0 aliphatic carbocycles. The molecular formula is C15H19N3OS. The van der Waals surface area contributed by atoms with Crippen molar-refractivity contribution < 1.29 is 4.79 Å². The Kier molecular flexibility index (Phi) is 3.87. The van der Waals surface area contributed by atoms with Crippen LogP contribution in [-0.2, 0) is 4.79 Å². The maximum atomic E-state index is 12.1. The van der Waals surface area contributed by atoms with Crippen LogP contribution >= 0.6 is 11.3 Å². The van der Waals surface area contributed by atoms with Crippen molar-refractivity contribution in [3.05, 3.63) is 23.8 Å². The second-order valence-electron chi connectivity index (χ2n) is 5.24. The molecule has 0 bridgehead atoms. The Bertz CT molecular complexity index is 617. The van der Waals surface area contributed by atoms with Crippen molar-refractivity contribution in [2.24, 2.45) is 0 Å². The van der Waals surface area contributed by atoms with Crippen molar-refractivity contribution in [2.75, 3.05) is 25.0 Å². The number of aryl methyl sites for hydroxylation is 1. The number of carbonyl (C=O) groups is 1. The lowest BCUT2D eigenvalue weighted by atomic mass is 10.1. The molecule has 4 nitrogen and oxygen atoms in total. The van der Waals surface area contributed by atoms with E-state index in [1.54, 1.807) is 11.3 Å². The number of amides is 1. The number of thiazole rings is 1. The average Bonchev–Trinajstić information content (AvgIpc) is 2.90. The summed E-state index contributed by atoms with van der Waals surface area (Å²) in [7, 11) is 0. The standard InChI is InChI=1S/C15H19N3OS/c1-11-6-5-7-12-14(11)17-15(20-12)16-10-13(19)18-8-3-2-4-9-18/h5-7H,2-4,8-10H2,1H3,(H,16,17). The van der Waals surface area contributed by atoms with Gasteiger partial charge in [0.05, 0.1) is 16.8 Å². The first-order valence-corrected chi connectivity index (χ1v) is 7.93. The van der Waals surface area contributed by atoms with Crippen molar-refractivity contribution >= 4 is 32.6 Å². The van der Waals surface area contributed by atoms with Crippen molar-refractivity contribution in [3.8, 4) is 0 Å². The number of benzene rings is 1. The summed E-state index contributed by atoms with van der Waals surface area (Å²) in [6.45, 7) is 4.21. The number of carbonyl (C=O) groups excluding carboxylic acids is 1. The first-order chi connectivity index (χ1) is 9.74. The van der Waals surface area contributed by atoms with Crippen LogP contribution in [0.25, 0.3) is 10.2 Å². The largest absolute Gasteiger partial charge is 0.352 e. The van der Waals surface area contributed by atoms with Gasteiger partial charge in [-0.25, -0.2) is 4.98 Å². The van der Waals surface area contributed by atoms with E-state index in [2.05, 4.69) is 29.4 Å². The molecule has 1 N–H and O–H groups in total. The van der Waals surface area contributed by atoms with Crippen LogP contribution in [0.1, 0.15) is 24.8 Å². The normalized spacial score (nSPS) is 15.6. The minimum absolute atomic E-state index is 0.181. The molecule has 1 amide bonds. The quantitative estimate of drug-likeness (QED) is 0.944. The number of rotatable bonds is 3. The average molecular weight is 289 g/mol. The Labute approximate surface area is 122 Å². The van der Waals surface area contributed by atoms with E-state index in [0.717, 1.165) is 41.3 Å². The van der Waals surface area contributed by atoms with Gasteiger partial charge in [-0.15, -0.1) is 0 Å². The van der Waals surface area contributed by atoms with Crippen LogP contribution in [0.15, 0.2) is 18.2 Å². The number of piperidine rings is 1. The molecule has 106 valence electrons. The van der Waals surface area contributed by atoms with Gasteiger partial charge in [-0.1, -0.05) is 23.5 Å². The first kappa shape index (κ1) is 13.4. The second kappa shape index (κ2) is 5.79. The topological polar surface area (TPSA) is 45.2 Å². The smallest absolute Gasteiger partial charge is 0.241 e. The number of hydrogen-bond donors (Lipinski definition) is 1. The van der Waals surface area contributed by atoms with Gasteiger partial charge in [0.1, 0.15) is 0 Å². The van der Waals surface area contributed by atoms with Crippen LogP contribution in [0.2, 0.25) is 0 Å². The van der Waals surface area contributed by atoms with Gasteiger partial charge in [0.2, 0.25) is 5.91 Å². The summed E-state index contributed by atoms with van der Waals surface area (Å²) < 4.78 is 1.16. The van der Waals surface area contributed by atoms with Gasteiger partial charge >= 0.3 is 0 Å². The third-order valence-electron chi connectivity index (χ3n) is 3.72. The van der Waals surface area contributed by atoms with Crippen LogP contribution < -0.4 is 5.32 Å². The highest BCUT2D eigenvalue weighted by Gasteiger charge is 2.16. The number of nitrogens with one attached hydrogen (secondary N) is 1. The lowest BCUT2D eigenvalue weighted by molar-refractivity contribution is -0.130. The Morgan fingerprint density at radius 1 is 1.35 bits per heavy atom. The molecule has 1 aromatic heterocycles. The number of anilines is 1. The molecule has 2 heterocycles. The zero-order valence-corrected chi connectivity index (χ0v) is 12.5. The molecule has 3 rings (SSSR count). The fraction of sp³-hybridized carbons (Fsp3) is 0.467. The Hall–Kier alpha value is -1.62. The highest BCUT2D eigenvalue weighted by Crippen LogP contribution is 2.27. The highest BCUT2D eigenvalue weighted by atomic mass is 32.1. The van der Waals surface area contributed by atoms with Crippen molar-refractivity contribution in [2.45, 2.75) is 26.2 Å². The van der Waals surface area contributed by atoms with E-state index in [1.807, 2.05) is 11.0 Å². The molecule has 0 radical (unpaired) electrons. The van der Waals surface area contributed by atoms with Gasteiger partial charge in [0.25, 0.3) is 0 Å². The number of para-hydroxylation sites is 1. The molecule has 5 heteroatoms. The van der Waals surface area contributed by atoms with Gasteiger partial charge in [-0.05, 0) is 37.8 Å². The molecule has 0 atom stereocenters. The fourth-order valence-corrected chi connectivity index (χ4v) is 3.51. The summed E-state index contributed by atoms with van der Waals surface area (Å²) in [6, 6.07) is 6.17. The maximum Gasteiger partial charge on any atom is 0.241 e. The van der Waals surface area contributed by atoms with E-state index < -0.39 is 0 Å². The molecule has 1 aliphatic rings. The van der Waals surface area contributed by atoms with E-state index in [1.165, 1.54) is 12.0 Å². The lowest BCUT2D eigenvalue weighted by Crippen LogP contribution is -2.39. The van der Waals surface area contributed by atoms with Gasteiger partial charge in [0.15, 0.2) is 5.13 Å². The van der Waals surface area contributed by atoms with E-state index in [9.17, 15) is 4.79 Å². The van der Waals surface area contributed by atoms with Crippen LogP contribution in [0.5, 0.6) is 0 Å². The number of fused-ring (bicyclic) bond motifs is 1. The molecule has 2 aromatic rings. The Morgan fingerprint density at radius 2 is 2.15 bits per heavy atom. The van der Waals surface area contributed by atoms with Crippen LogP contribution in [0.4, 0.5) is 5.13 Å². The highest BCUT2D eigenvalue weighted by molar-refractivity contribution is 7.22. The minimum atomic E-state index is 0.181. The zero-order valence-electron chi connectivity index (χ0n) is 11.7. The van der Waals surface area contributed by atoms with E-state index >= 15 is 0 Å². The van der Waals surface area contributed by atoms with Gasteiger partial charge in [-0.2, -0.15) is 0 Å². The van der Waals surface area contributed by atoms with E-state index in [-0.39, 0.29) is 5.91 Å². The Balaban J connectivity index is 1.64. The first-order valence-electron chi connectivity index (χ1n) is 7.12. The summed E-state index contributed by atoms with van der Waals surface area (Å²) in [5.74, 6) is 0.181. The third-order valence-corrected chi connectivity index (χ3v) is 4.70. The number of nitrogens with zero attached hydrogens (tertiary/aromatic N) is 2. The predicted molar refractivity (Wildman–Crippen MR) is 83.3 cm³/mol. The van der Waals surface area contributed by atoms with Crippen LogP contribution in [-0.4, -0.2) is 35.4 Å². The van der Waals surface area contributed by atoms with Crippen LogP contribution in [0, 0.1) is 6.92 Å². The Morgan fingerprint density at radius 3 is 2.90 bits per heavy atom. The van der Waals surface area contributed by atoms with Gasteiger partial charge in [0, 0.05) is 13.1 Å². The molecule has 1 fully saturated rings. The summed E-state index contributed by atoms with van der Waals surface area (Å²) >= 11 is 1.61. The van der Waals surface area contributed by atoms with E-state index in [4.69, 9.17) is 0 Å². The van der Waals surface area contributed by atoms with Gasteiger partial charge < -0.3 is 10.2 Å². The molecule has 1 saturated heterocycles. The molecule has 1 aromatic carbocycles. The van der Waals surface area contributed by atoms with Gasteiger partial charge in [-0.3, -0.25) is 4.79 Å². The monoisotopic (exact) mass is 289 g/mol. The third kappa shape index (κ3) is 2.77. The van der Waals surface area contributed by atoms with E-state index in [0.29, 0.717) is 6.54 Å². The molecule has 0 saturated carbocycles. The maximum absolute atomic E-state index is 12.1. The molecule has 0 spiro atoms. The van der Waals surface area contributed by atoms with Crippen molar-refractivity contribution in [3.63, 3.8) is 0 Å². The summed E-state index contributed by atoms with van der Waals surface area (Å²) in [4.78, 5) is 18.6. The number of likely N-dealkylation sites (tertiary alicyclic amines) is 1. The molecular weight excluding hydrogens is 270 g/mol. The summed E-state index contributed by atoms with van der Waals surface area (Å²) in [6.07, 6.45) is 3.51. The summed E-state index contributed by atoms with van der Waals surface area (Å²) in [5.41, 5.74) is 2.21. The second-order valence-corrected chi connectivity index (χ2v) is 6.27. The summed E-state index contributed by atoms with van der Waals surface area (Å²) in [5, 5.41) is 4.01. The fourth-order valence-electron chi connectivity index (χ4n) is 2.57. The lowest BCUT2D eigenvalue weighted by Gasteiger charge is -2.26. The molecule has 1 aliphatic heterocycles. The van der Waals surface area contributed by atoms with Crippen LogP contribution in [0.3, 0.4) is 0 Å². The van der Waals surface area contributed by atoms with Crippen molar-refractivity contribution in [1.82, 2.24) is 9.88 Å². The number of aromatic nitrogens is 1. The predicted octanol–water partition coefficient (Wildman–Crippen LogP) is 3.03. The SMILES string of the molecule is Cc1cccc2sc(NCC(=O)N3CCCCC3)nc12. The molecule has 20 heavy (non-hydrogen) atoms. The minimum Gasteiger partial charge on any atom is -0.352 e. The molecule has 0 unspecified atom stereocenters. The zero-order chi connectivity index (χ0) is 13.9. The van der Waals surface area contributed by atoms with Crippen molar-refractivity contribution in [1.29, 1.82) is 0 Å². The number of hydrogen-bond acceptors (Lipinski definition) is 4.